The van der Waals surface area contributed by atoms with Crippen LogP contribution in [0.15, 0.2) is 0 Å². The van der Waals surface area contributed by atoms with Crippen molar-refractivity contribution >= 4 is 6.09 Å². The van der Waals surface area contributed by atoms with Gasteiger partial charge in [-0.1, -0.05) is 13.3 Å². The maximum Gasteiger partial charge on any atom is 0.410 e. The lowest BCUT2D eigenvalue weighted by Crippen LogP contribution is -2.50. The van der Waals surface area contributed by atoms with Crippen molar-refractivity contribution in [3.63, 3.8) is 0 Å². The molecule has 5 heteroatoms. The zero-order valence-electron chi connectivity index (χ0n) is 15.3. The van der Waals surface area contributed by atoms with Gasteiger partial charge in [-0.15, -0.1) is 0 Å². The highest BCUT2D eigenvalue weighted by Gasteiger charge is 2.29. The molecule has 0 saturated carbocycles. The number of carbonyl (C=O) groups is 1. The number of nitrogens with zero attached hydrogens (tertiary/aromatic N) is 1. The molecule has 1 amide bonds. The van der Waals surface area contributed by atoms with Crippen molar-refractivity contribution in [2.24, 2.45) is 0 Å². The summed E-state index contributed by atoms with van der Waals surface area (Å²) in [4.78, 5) is 13.9. The number of amides is 1. The topological polar surface area (TPSA) is 50.8 Å². The maximum absolute atomic E-state index is 12.1. The lowest BCUT2D eigenvalue weighted by molar-refractivity contribution is -0.00741. The van der Waals surface area contributed by atoms with E-state index in [9.17, 15) is 4.79 Å². The van der Waals surface area contributed by atoms with E-state index in [2.05, 4.69) is 12.2 Å². The van der Waals surface area contributed by atoms with Crippen molar-refractivity contribution in [3.8, 4) is 0 Å². The molecule has 2 atom stereocenters. The molecule has 0 spiro atoms. The summed E-state index contributed by atoms with van der Waals surface area (Å²) in [5.74, 6) is 0. The predicted octanol–water partition coefficient (Wildman–Crippen LogP) is 3.32. The van der Waals surface area contributed by atoms with Gasteiger partial charge in [0.1, 0.15) is 5.60 Å². The van der Waals surface area contributed by atoms with Crippen LogP contribution in [-0.4, -0.2) is 54.5 Å². The van der Waals surface area contributed by atoms with E-state index in [0.717, 1.165) is 51.8 Å². The lowest BCUT2D eigenvalue weighted by atomic mass is 9.97. The van der Waals surface area contributed by atoms with Gasteiger partial charge >= 0.3 is 6.09 Å². The summed E-state index contributed by atoms with van der Waals surface area (Å²) in [6, 6.07) is 1.08. The summed E-state index contributed by atoms with van der Waals surface area (Å²) in [6.07, 6.45) is 6.84. The summed E-state index contributed by atoms with van der Waals surface area (Å²) < 4.78 is 11.3. The first-order chi connectivity index (χ1) is 10.9. The Balaban J connectivity index is 1.71. The van der Waals surface area contributed by atoms with Gasteiger partial charge in [-0.3, -0.25) is 0 Å². The molecule has 0 radical (unpaired) electrons. The van der Waals surface area contributed by atoms with Crippen LogP contribution in [0.25, 0.3) is 0 Å². The molecule has 0 aromatic heterocycles. The second kappa shape index (κ2) is 8.34. The van der Waals surface area contributed by atoms with Crippen LogP contribution in [0.1, 0.15) is 66.2 Å². The van der Waals surface area contributed by atoms with Gasteiger partial charge in [-0.2, -0.15) is 0 Å². The number of ether oxygens (including phenoxy) is 2. The maximum atomic E-state index is 12.1. The van der Waals surface area contributed by atoms with Gasteiger partial charge < -0.3 is 19.7 Å². The van der Waals surface area contributed by atoms with Crippen LogP contribution >= 0.6 is 0 Å². The van der Waals surface area contributed by atoms with Gasteiger partial charge in [0.05, 0.1) is 6.10 Å². The fraction of sp³-hybridized carbons (Fsp3) is 0.944. The molecule has 2 aliphatic heterocycles. The Kier molecular flexibility index (Phi) is 6.72. The molecule has 2 rings (SSSR count). The van der Waals surface area contributed by atoms with E-state index < -0.39 is 5.60 Å². The van der Waals surface area contributed by atoms with Gasteiger partial charge in [-0.25, -0.2) is 4.79 Å². The zero-order valence-corrected chi connectivity index (χ0v) is 15.3. The van der Waals surface area contributed by atoms with Crippen LogP contribution in [0.4, 0.5) is 4.79 Å². The third kappa shape index (κ3) is 6.30. The average molecular weight is 326 g/mol. The second-order valence-corrected chi connectivity index (χ2v) is 7.91. The first-order valence-corrected chi connectivity index (χ1v) is 9.23. The van der Waals surface area contributed by atoms with Gasteiger partial charge in [0, 0.05) is 31.8 Å². The number of piperidine rings is 1. The highest BCUT2D eigenvalue weighted by atomic mass is 16.6. The summed E-state index contributed by atoms with van der Waals surface area (Å²) >= 11 is 0. The van der Waals surface area contributed by atoms with Crippen molar-refractivity contribution in [2.75, 3.05) is 19.7 Å². The van der Waals surface area contributed by atoms with Crippen LogP contribution in [0.3, 0.4) is 0 Å². The van der Waals surface area contributed by atoms with Crippen LogP contribution in [0.2, 0.25) is 0 Å². The molecule has 0 aliphatic carbocycles. The predicted molar refractivity (Wildman–Crippen MR) is 91.6 cm³/mol. The van der Waals surface area contributed by atoms with E-state index in [1.54, 1.807) is 0 Å². The fourth-order valence-electron chi connectivity index (χ4n) is 3.44. The molecular formula is C18H34N2O3. The number of carbonyl (C=O) groups excluding carboxylic acids is 1. The summed E-state index contributed by atoms with van der Waals surface area (Å²) in [5, 5.41) is 3.80. The molecule has 0 bridgehead atoms. The molecule has 134 valence electrons. The SMILES string of the molecule is CCCC1CC(NC2CCN(C(=O)OC(C)(C)C)CC2)CCO1. The van der Waals surface area contributed by atoms with E-state index in [0.29, 0.717) is 18.2 Å². The van der Waals surface area contributed by atoms with Gasteiger partial charge in [0.2, 0.25) is 0 Å². The van der Waals surface area contributed by atoms with Crippen LogP contribution in [0, 0.1) is 0 Å². The van der Waals surface area contributed by atoms with Gasteiger partial charge in [0.25, 0.3) is 0 Å². The third-order valence-corrected chi connectivity index (χ3v) is 4.60. The normalized spacial score (nSPS) is 27.0. The molecule has 1 N–H and O–H groups in total. The van der Waals surface area contributed by atoms with Gasteiger partial charge in [0.15, 0.2) is 0 Å². The second-order valence-electron chi connectivity index (χ2n) is 7.91. The smallest absolute Gasteiger partial charge is 0.410 e. The van der Waals surface area contributed by atoms with E-state index in [1.807, 2.05) is 25.7 Å². The quantitative estimate of drug-likeness (QED) is 0.861. The summed E-state index contributed by atoms with van der Waals surface area (Å²) in [7, 11) is 0. The first kappa shape index (κ1) is 18.5. The lowest BCUT2D eigenvalue weighted by Gasteiger charge is -2.37. The molecule has 23 heavy (non-hydrogen) atoms. The Morgan fingerprint density at radius 3 is 2.52 bits per heavy atom. The molecular weight excluding hydrogens is 292 g/mol. The molecule has 2 aliphatic rings. The minimum Gasteiger partial charge on any atom is -0.444 e. The minimum atomic E-state index is -0.414. The summed E-state index contributed by atoms with van der Waals surface area (Å²) in [5.41, 5.74) is -0.414. The summed E-state index contributed by atoms with van der Waals surface area (Å²) in [6.45, 7) is 10.4. The van der Waals surface area contributed by atoms with E-state index >= 15 is 0 Å². The van der Waals surface area contributed by atoms with E-state index in [-0.39, 0.29) is 6.09 Å². The fourth-order valence-corrected chi connectivity index (χ4v) is 3.44. The van der Waals surface area contributed by atoms with Gasteiger partial charge in [-0.05, 0) is 52.9 Å². The molecule has 2 unspecified atom stereocenters. The van der Waals surface area contributed by atoms with Crippen molar-refractivity contribution in [1.82, 2.24) is 10.2 Å². The van der Waals surface area contributed by atoms with E-state index in [4.69, 9.17) is 9.47 Å². The number of nitrogens with one attached hydrogen (secondary N) is 1. The molecule has 0 aromatic rings. The first-order valence-electron chi connectivity index (χ1n) is 9.23. The average Bonchev–Trinajstić information content (AvgIpc) is 2.47. The monoisotopic (exact) mass is 326 g/mol. The van der Waals surface area contributed by atoms with Crippen molar-refractivity contribution in [1.29, 1.82) is 0 Å². The van der Waals surface area contributed by atoms with Crippen LogP contribution < -0.4 is 5.32 Å². The number of hydrogen-bond acceptors (Lipinski definition) is 4. The number of hydrogen-bond donors (Lipinski definition) is 1. The molecule has 5 nitrogen and oxygen atoms in total. The van der Waals surface area contributed by atoms with Crippen molar-refractivity contribution < 1.29 is 14.3 Å². The highest BCUT2D eigenvalue weighted by Crippen LogP contribution is 2.21. The number of likely N-dealkylation sites (tertiary alicyclic amines) is 1. The van der Waals surface area contributed by atoms with Crippen molar-refractivity contribution in [2.45, 2.75) is 90.0 Å². The van der Waals surface area contributed by atoms with Crippen LogP contribution in [-0.2, 0) is 9.47 Å². The molecule has 2 saturated heterocycles. The van der Waals surface area contributed by atoms with Crippen molar-refractivity contribution in [3.05, 3.63) is 0 Å². The Morgan fingerprint density at radius 2 is 1.91 bits per heavy atom. The molecule has 2 heterocycles. The van der Waals surface area contributed by atoms with E-state index in [1.165, 1.54) is 6.42 Å². The Labute approximate surface area is 141 Å². The number of rotatable bonds is 4. The standard InChI is InChI=1S/C18H34N2O3/c1-5-6-16-13-15(9-12-22-16)19-14-7-10-20(11-8-14)17(21)23-18(2,3)4/h14-16,19H,5-13H2,1-4H3. The Hall–Kier alpha value is -0.810. The largest absolute Gasteiger partial charge is 0.444 e. The molecule has 2 fully saturated rings. The molecule has 0 aromatic carbocycles. The minimum absolute atomic E-state index is 0.176. The van der Waals surface area contributed by atoms with Crippen LogP contribution in [0.5, 0.6) is 0 Å². The zero-order chi connectivity index (χ0) is 16.9. The third-order valence-electron chi connectivity index (χ3n) is 4.60. The highest BCUT2D eigenvalue weighted by molar-refractivity contribution is 5.68. The Bertz CT molecular complexity index is 371. The Morgan fingerprint density at radius 1 is 1.22 bits per heavy atom.